The molecule has 0 saturated heterocycles. The molecule has 100 valence electrons. The summed E-state index contributed by atoms with van der Waals surface area (Å²) in [5.41, 5.74) is 3.14. The van der Waals surface area contributed by atoms with Crippen LogP contribution in [0.2, 0.25) is 0 Å². The molecule has 3 heteroatoms. The van der Waals surface area contributed by atoms with Crippen molar-refractivity contribution in [2.75, 3.05) is 0 Å². The maximum atomic E-state index is 11.9. The molecule has 0 aromatic heterocycles. The third-order valence-corrected chi connectivity index (χ3v) is 3.44. The first-order chi connectivity index (χ1) is 9.65. The van der Waals surface area contributed by atoms with Crippen LogP contribution in [0.15, 0.2) is 42.5 Å². The fourth-order valence-electron chi connectivity index (χ4n) is 2.35. The molecule has 0 radical (unpaired) electrons. The van der Waals surface area contributed by atoms with E-state index in [2.05, 4.69) is 0 Å². The van der Waals surface area contributed by atoms with E-state index < -0.39 is 0 Å². The van der Waals surface area contributed by atoms with Crippen LogP contribution in [0.4, 0.5) is 0 Å². The van der Waals surface area contributed by atoms with Gasteiger partial charge in [0.2, 0.25) is 0 Å². The highest BCUT2D eigenvalue weighted by atomic mass is 16.5. The Kier molecular flexibility index (Phi) is 3.11. The SMILES string of the molecule is Cc1ccc(COc2cccc3c2C(=O)CC3=O)cc1. The number of rotatable bonds is 3. The Morgan fingerprint density at radius 2 is 1.75 bits per heavy atom. The number of fused-ring (bicyclic) bond motifs is 1. The molecule has 0 bridgehead atoms. The van der Waals surface area contributed by atoms with Gasteiger partial charge in [0.05, 0.1) is 12.0 Å². The Morgan fingerprint density at radius 1 is 1.00 bits per heavy atom. The van der Waals surface area contributed by atoms with Gasteiger partial charge >= 0.3 is 0 Å². The zero-order valence-electron chi connectivity index (χ0n) is 11.2. The van der Waals surface area contributed by atoms with Gasteiger partial charge in [-0.05, 0) is 18.6 Å². The van der Waals surface area contributed by atoms with Crippen LogP contribution in [0.1, 0.15) is 38.3 Å². The van der Waals surface area contributed by atoms with Crippen LogP contribution in [-0.2, 0) is 6.61 Å². The molecule has 0 amide bonds. The topological polar surface area (TPSA) is 43.4 Å². The molecule has 0 spiro atoms. The Bertz CT molecular complexity index is 684. The van der Waals surface area contributed by atoms with Gasteiger partial charge in [0.25, 0.3) is 0 Å². The Morgan fingerprint density at radius 3 is 2.50 bits per heavy atom. The molecule has 0 saturated carbocycles. The van der Waals surface area contributed by atoms with Crippen LogP contribution in [0.25, 0.3) is 0 Å². The average Bonchev–Trinajstić information content (AvgIpc) is 2.74. The lowest BCUT2D eigenvalue weighted by Crippen LogP contribution is -2.01. The van der Waals surface area contributed by atoms with Crippen molar-refractivity contribution in [2.45, 2.75) is 20.0 Å². The number of Topliss-reactive ketones (excluding diaryl/α,β-unsaturated/α-hetero) is 2. The summed E-state index contributed by atoms with van der Waals surface area (Å²) in [6.07, 6.45) is -0.0414. The highest BCUT2D eigenvalue weighted by Crippen LogP contribution is 2.30. The lowest BCUT2D eigenvalue weighted by atomic mass is 10.1. The second-order valence-electron chi connectivity index (χ2n) is 4.98. The maximum Gasteiger partial charge on any atom is 0.175 e. The molecule has 2 aromatic rings. The van der Waals surface area contributed by atoms with Gasteiger partial charge in [-0.2, -0.15) is 0 Å². The zero-order chi connectivity index (χ0) is 14.1. The summed E-state index contributed by atoms with van der Waals surface area (Å²) in [6.45, 7) is 2.41. The second-order valence-corrected chi connectivity index (χ2v) is 4.98. The number of hydrogen-bond donors (Lipinski definition) is 0. The van der Waals surface area contributed by atoms with E-state index in [0.717, 1.165) is 5.56 Å². The van der Waals surface area contributed by atoms with Gasteiger partial charge in [0.1, 0.15) is 12.4 Å². The van der Waals surface area contributed by atoms with E-state index >= 15 is 0 Å². The number of ketones is 2. The van der Waals surface area contributed by atoms with Gasteiger partial charge in [-0.3, -0.25) is 9.59 Å². The summed E-state index contributed by atoms with van der Waals surface area (Å²) in [6, 6.07) is 13.2. The van der Waals surface area contributed by atoms with Crippen LogP contribution in [-0.4, -0.2) is 11.6 Å². The summed E-state index contributed by atoms with van der Waals surface area (Å²) >= 11 is 0. The smallest absolute Gasteiger partial charge is 0.175 e. The predicted molar refractivity (Wildman–Crippen MR) is 75.2 cm³/mol. The van der Waals surface area contributed by atoms with Crippen molar-refractivity contribution in [1.29, 1.82) is 0 Å². The molecule has 1 aliphatic rings. The number of carbonyl (C=O) groups excluding carboxylic acids is 2. The van der Waals surface area contributed by atoms with Crippen molar-refractivity contribution in [3.63, 3.8) is 0 Å². The van der Waals surface area contributed by atoms with E-state index in [-0.39, 0.29) is 18.0 Å². The van der Waals surface area contributed by atoms with E-state index in [1.54, 1.807) is 18.2 Å². The van der Waals surface area contributed by atoms with Crippen molar-refractivity contribution < 1.29 is 14.3 Å². The minimum atomic E-state index is -0.149. The average molecular weight is 266 g/mol. The number of benzene rings is 2. The Hall–Kier alpha value is -2.42. The summed E-state index contributed by atoms with van der Waals surface area (Å²) in [5.74, 6) is 0.231. The van der Waals surface area contributed by atoms with Crippen molar-refractivity contribution in [3.8, 4) is 5.75 Å². The minimum Gasteiger partial charge on any atom is -0.488 e. The maximum absolute atomic E-state index is 11.9. The molecule has 0 unspecified atom stereocenters. The molecule has 0 fully saturated rings. The van der Waals surface area contributed by atoms with Crippen LogP contribution >= 0.6 is 0 Å². The molecule has 3 rings (SSSR count). The summed E-state index contributed by atoms with van der Waals surface area (Å²) in [7, 11) is 0. The van der Waals surface area contributed by atoms with E-state index in [1.807, 2.05) is 31.2 Å². The van der Waals surface area contributed by atoms with Crippen LogP contribution < -0.4 is 4.74 Å². The van der Waals surface area contributed by atoms with Crippen LogP contribution in [0, 0.1) is 6.92 Å². The second kappa shape index (κ2) is 4.93. The molecule has 1 aliphatic carbocycles. The minimum absolute atomic E-state index is 0.0414. The quantitative estimate of drug-likeness (QED) is 0.800. The first-order valence-electron chi connectivity index (χ1n) is 6.53. The monoisotopic (exact) mass is 266 g/mol. The molecular weight excluding hydrogens is 252 g/mol. The van der Waals surface area contributed by atoms with Crippen LogP contribution in [0.3, 0.4) is 0 Å². The molecule has 0 N–H and O–H groups in total. The molecule has 3 nitrogen and oxygen atoms in total. The number of aryl methyl sites for hydroxylation is 1. The number of carbonyl (C=O) groups is 2. The molecule has 20 heavy (non-hydrogen) atoms. The fourth-order valence-corrected chi connectivity index (χ4v) is 2.35. The van der Waals surface area contributed by atoms with E-state index in [9.17, 15) is 9.59 Å². The molecular formula is C17H14O3. The molecule has 0 heterocycles. The van der Waals surface area contributed by atoms with Gasteiger partial charge in [0.15, 0.2) is 11.6 Å². The number of ether oxygens (including phenoxy) is 1. The summed E-state index contributed by atoms with van der Waals surface area (Å²) in [4.78, 5) is 23.5. The zero-order valence-corrected chi connectivity index (χ0v) is 11.2. The predicted octanol–water partition coefficient (Wildman–Crippen LogP) is 3.34. The lowest BCUT2D eigenvalue weighted by Gasteiger charge is -2.09. The third-order valence-electron chi connectivity index (χ3n) is 3.44. The largest absolute Gasteiger partial charge is 0.488 e. The molecule has 2 aromatic carbocycles. The fraction of sp³-hybridized carbons (Fsp3) is 0.176. The highest BCUT2D eigenvalue weighted by Gasteiger charge is 2.30. The van der Waals surface area contributed by atoms with Crippen molar-refractivity contribution in [3.05, 3.63) is 64.7 Å². The first-order valence-corrected chi connectivity index (χ1v) is 6.53. The highest BCUT2D eigenvalue weighted by molar-refractivity contribution is 6.25. The summed E-state index contributed by atoms with van der Waals surface area (Å²) < 4.78 is 5.72. The molecule has 0 aliphatic heterocycles. The first kappa shape index (κ1) is 12.6. The Balaban J connectivity index is 1.84. The van der Waals surface area contributed by atoms with Gasteiger partial charge in [-0.15, -0.1) is 0 Å². The van der Waals surface area contributed by atoms with Gasteiger partial charge in [0, 0.05) is 5.56 Å². The molecule has 0 atom stereocenters. The van der Waals surface area contributed by atoms with Gasteiger partial charge in [-0.25, -0.2) is 0 Å². The van der Waals surface area contributed by atoms with Crippen molar-refractivity contribution >= 4 is 11.6 Å². The lowest BCUT2D eigenvalue weighted by molar-refractivity contribution is 0.0922. The normalized spacial score (nSPS) is 13.4. The third kappa shape index (κ3) is 2.23. The van der Waals surface area contributed by atoms with Crippen molar-refractivity contribution in [1.82, 2.24) is 0 Å². The van der Waals surface area contributed by atoms with E-state index in [1.165, 1.54) is 5.56 Å². The Labute approximate surface area is 117 Å². The standard InChI is InChI=1S/C17H14O3/c1-11-5-7-12(8-6-11)10-20-16-4-2-3-13-14(18)9-15(19)17(13)16/h2-8H,9-10H2,1H3. The van der Waals surface area contributed by atoms with Crippen molar-refractivity contribution in [2.24, 2.45) is 0 Å². The van der Waals surface area contributed by atoms with Crippen LogP contribution in [0.5, 0.6) is 5.75 Å². The summed E-state index contributed by atoms with van der Waals surface area (Å²) in [5, 5.41) is 0. The number of hydrogen-bond acceptors (Lipinski definition) is 3. The van der Waals surface area contributed by atoms with E-state index in [4.69, 9.17) is 4.74 Å². The van der Waals surface area contributed by atoms with Gasteiger partial charge in [-0.1, -0.05) is 42.0 Å². The van der Waals surface area contributed by atoms with E-state index in [0.29, 0.717) is 23.5 Å². The van der Waals surface area contributed by atoms with Gasteiger partial charge < -0.3 is 4.74 Å².